The Hall–Kier alpha value is -1.92. The zero-order valence-electron chi connectivity index (χ0n) is 12.4. The van der Waals surface area contributed by atoms with Crippen LogP contribution in [0, 0.1) is 6.92 Å². The normalized spacial score (nSPS) is 10.9. The van der Waals surface area contributed by atoms with E-state index in [0.29, 0.717) is 17.8 Å². The van der Waals surface area contributed by atoms with Crippen LogP contribution in [0.4, 0.5) is 5.69 Å². The van der Waals surface area contributed by atoms with E-state index < -0.39 is 5.97 Å². The maximum atomic E-state index is 11.9. The summed E-state index contributed by atoms with van der Waals surface area (Å²) in [5.74, 6) is -0.398. The van der Waals surface area contributed by atoms with Crippen molar-refractivity contribution in [1.29, 1.82) is 0 Å². The third-order valence-electron chi connectivity index (χ3n) is 3.27. The molecule has 2 aromatic rings. The number of nitrogens with two attached hydrogens (primary N) is 1. The van der Waals surface area contributed by atoms with Crippen LogP contribution in [0.3, 0.4) is 0 Å². The first-order valence-corrected chi connectivity index (χ1v) is 7.44. The first-order valence-electron chi connectivity index (χ1n) is 6.56. The molecule has 0 saturated heterocycles. The number of aryl methyl sites for hydroxylation is 1. The van der Waals surface area contributed by atoms with E-state index in [0.717, 1.165) is 17.8 Å². The van der Waals surface area contributed by atoms with Gasteiger partial charge in [0, 0.05) is 23.7 Å². The van der Waals surface area contributed by atoms with Crippen molar-refractivity contribution in [2.24, 2.45) is 0 Å². The van der Waals surface area contributed by atoms with Gasteiger partial charge in [-0.25, -0.2) is 9.78 Å². The van der Waals surface area contributed by atoms with Gasteiger partial charge in [-0.2, -0.15) is 0 Å². The van der Waals surface area contributed by atoms with Gasteiger partial charge in [0.15, 0.2) is 0 Å². The van der Waals surface area contributed by atoms with Gasteiger partial charge in [0.05, 0.1) is 23.9 Å². The van der Waals surface area contributed by atoms with Crippen LogP contribution in [-0.4, -0.2) is 30.0 Å². The monoisotopic (exact) mass is 305 g/mol. The van der Waals surface area contributed by atoms with Gasteiger partial charge in [-0.1, -0.05) is 12.1 Å². The van der Waals surface area contributed by atoms with Crippen molar-refractivity contribution in [1.82, 2.24) is 9.88 Å². The molecule has 0 atom stereocenters. The molecule has 2 rings (SSSR count). The minimum absolute atomic E-state index is 0.398. The molecule has 0 radical (unpaired) electrons. The van der Waals surface area contributed by atoms with Crippen LogP contribution in [0.25, 0.3) is 0 Å². The van der Waals surface area contributed by atoms with Gasteiger partial charge in [0.2, 0.25) is 0 Å². The Morgan fingerprint density at radius 2 is 2.19 bits per heavy atom. The molecule has 1 aromatic carbocycles. The number of aromatic nitrogens is 1. The largest absolute Gasteiger partial charge is 0.465 e. The van der Waals surface area contributed by atoms with Crippen LogP contribution in [0.15, 0.2) is 23.7 Å². The number of benzene rings is 1. The summed E-state index contributed by atoms with van der Waals surface area (Å²) in [5.41, 5.74) is 10.6. The molecule has 0 aliphatic carbocycles. The van der Waals surface area contributed by atoms with E-state index >= 15 is 0 Å². The van der Waals surface area contributed by atoms with Crippen LogP contribution in [-0.2, 0) is 17.8 Å². The zero-order valence-corrected chi connectivity index (χ0v) is 13.2. The van der Waals surface area contributed by atoms with Crippen molar-refractivity contribution >= 4 is 23.0 Å². The molecule has 0 spiro atoms. The highest BCUT2D eigenvalue weighted by atomic mass is 32.1. The Balaban J connectivity index is 2.17. The number of hydrogen-bond acceptors (Lipinski definition) is 6. The van der Waals surface area contributed by atoms with E-state index in [1.54, 1.807) is 17.4 Å². The van der Waals surface area contributed by atoms with Crippen molar-refractivity contribution < 1.29 is 9.53 Å². The van der Waals surface area contributed by atoms with Gasteiger partial charge in [-0.05, 0) is 25.6 Å². The number of anilines is 1. The Labute approximate surface area is 128 Å². The Morgan fingerprint density at radius 1 is 1.43 bits per heavy atom. The second-order valence-corrected chi connectivity index (χ2v) is 5.85. The Morgan fingerprint density at radius 3 is 2.81 bits per heavy atom. The first kappa shape index (κ1) is 15.5. The molecule has 21 heavy (non-hydrogen) atoms. The first-order chi connectivity index (χ1) is 10.0. The fraction of sp³-hybridized carbons (Fsp3) is 0.333. The second kappa shape index (κ2) is 6.69. The molecular weight excluding hydrogens is 286 g/mol. The van der Waals surface area contributed by atoms with E-state index in [9.17, 15) is 4.79 Å². The maximum absolute atomic E-state index is 11.9. The number of nitrogens with zero attached hydrogens (tertiary/aromatic N) is 2. The van der Waals surface area contributed by atoms with Gasteiger partial charge < -0.3 is 10.5 Å². The molecular formula is C15H19N3O2S. The molecule has 1 aromatic heterocycles. The van der Waals surface area contributed by atoms with Crippen molar-refractivity contribution in [3.05, 3.63) is 45.4 Å². The summed E-state index contributed by atoms with van der Waals surface area (Å²) in [6.07, 6.45) is 0. The molecule has 2 N–H and O–H groups in total. The maximum Gasteiger partial charge on any atom is 0.340 e. The van der Waals surface area contributed by atoms with E-state index in [4.69, 9.17) is 10.5 Å². The lowest BCUT2D eigenvalue weighted by Crippen LogP contribution is -2.20. The van der Waals surface area contributed by atoms with Crippen molar-refractivity contribution in [3.63, 3.8) is 0 Å². The van der Waals surface area contributed by atoms with Crippen LogP contribution < -0.4 is 5.73 Å². The molecule has 0 saturated carbocycles. The van der Waals surface area contributed by atoms with Crippen molar-refractivity contribution in [2.45, 2.75) is 20.0 Å². The van der Waals surface area contributed by atoms with Gasteiger partial charge in [-0.3, -0.25) is 4.90 Å². The number of carbonyl (C=O) groups is 1. The highest BCUT2D eigenvalue weighted by molar-refractivity contribution is 7.09. The summed E-state index contributed by atoms with van der Waals surface area (Å²) in [4.78, 5) is 19.5. The summed E-state index contributed by atoms with van der Waals surface area (Å²) in [6, 6.07) is 5.46. The molecule has 5 nitrogen and oxygen atoms in total. The van der Waals surface area contributed by atoms with E-state index in [2.05, 4.69) is 9.88 Å². The molecule has 0 unspecified atom stereocenters. The fourth-order valence-corrected chi connectivity index (χ4v) is 3.03. The highest BCUT2D eigenvalue weighted by Gasteiger charge is 2.17. The molecule has 0 fully saturated rings. The average molecular weight is 305 g/mol. The predicted molar refractivity (Wildman–Crippen MR) is 84.2 cm³/mol. The van der Waals surface area contributed by atoms with E-state index in [-0.39, 0.29) is 0 Å². The SMILES string of the molecule is COC(=O)c1c(N)cccc1CN(C)Cc1scnc1C. The quantitative estimate of drug-likeness (QED) is 0.679. The van der Waals surface area contributed by atoms with Crippen LogP contribution in [0.1, 0.15) is 26.5 Å². The molecule has 0 bridgehead atoms. The summed E-state index contributed by atoms with van der Waals surface area (Å²) < 4.78 is 4.82. The van der Waals surface area contributed by atoms with Crippen molar-refractivity contribution in [3.8, 4) is 0 Å². The lowest BCUT2D eigenvalue weighted by atomic mass is 10.0. The molecule has 112 valence electrons. The number of methoxy groups -OCH3 is 1. The smallest absolute Gasteiger partial charge is 0.340 e. The Bertz CT molecular complexity index is 640. The number of esters is 1. The fourth-order valence-electron chi connectivity index (χ4n) is 2.17. The number of thiazole rings is 1. The highest BCUT2D eigenvalue weighted by Crippen LogP contribution is 2.21. The molecule has 6 heteroatoms. The number of hydrogen-bond donors (Lipinski definition) is 1. The second-order valence-electron chi connectivity index (χ2n) is 4.91. The van der Waals surface area contributed by atoms with Gasteiger partial charge in [0.25, 0.3) is 0 Å². The number of nitrogen functional groups attached to an aromatic ring is 1. The average Bonchev–Trinajstić information content (AvgIpc) is 2.83. The minimum Gasteiger partial charge on any atom is -0.465 e. The number of rotatable bonds is 5. The molecule has 0 aliphatic rings. The summed E-state index contributed by atoms with van der Waals surface area (Å²) >= 11 is 1.64. The standard InChI is InChI=1S/C15H19N3O2S/c1-10-13(21-9-17-10)8-18(2)7-11-5-4-6-12(16)14(11)15(19)20-3/h4-6,9H,7-8,16H2,1-3H3. The minimum atomic E-state index is -0.398. The van der Waals surface area contributed by atoms with Gasteiger partial charge >= 0.3 is 5.97 Å². The number of ether oxygens (including phenoxy) is 1. The zero-order chi connectivity index (χ0) is 15.4. The van der Waals surface area contributed by atoms with E-state index in [1.807, 2.05) is 31.6 Å². The summed E-state index contributed by atoms with van der Waals surface area (Å²) in [5, 5.41) is 0. The lowest BCUT2D eigenvalue weighted by molar-refractivity contribution is 0.0599. The molecule has 1 heterocycles. The van der Waals surface area contributed by atoms with Crippen LogP contribution >= 0.6 is 11.3 Å². The third kappa shape index (κ3) is 3.59. The lowest BCUT2D eigenvalue weighted by Gasteiger charge is -2.18. The van der Waals surface area contributed by atoms with Gasteiger partial charge in [-0.15, -0.1) is 11.3 Å². The molecule has 0 amide bonds. The van der Waals surface area contributed by atoms with Gasteiger partial charge in [0.1, 0.15) is 0 Å². The van der Waals surface area contributed by atoms with Crippen LogP contribution in [0.2, 0.25) is 0 Å². The number of carbonyl (C=O) groups excluding carboxylic acids is 1. The van der Waals surface area contributed by atoms with E-state index in [1.165, 1.54) is 12.0 Å². The third-order valence-corrected chi connectivity index (χ3v) is 4.19. The summed E-state index contributed by atoms with van der Waals surface area (Å²) in [6.45, 7) is 3.40. The Kier molecular flexibility index (Phi) is 4.93. The topological polar surface area (TPSA) is 68.5 Å². The predicted octanol–water partition coefficient (Wildman–Crippen LogP) is 2.45. The van der Waals surface area contributed by atoms with Crippen molar-refractivity contribution in [2.75, 3.05) is 19.9 Å². The van der Waals surface area contributed by atoms with Crippen LogP contribution in [0.5, 0.6) is 0 Å². The molecule has 0 aliphatic heterocycles. The summed E-state index contributed by atoms with van der Waals surface area (Å²) in [7, 11) is 3.37.